The Labute approximate surface area is 74.7 Å². The van der Waals surface area contributed by atoms with Gasteiger partial charge in [0.15, 0.2) is 0 Å². The van der Waals surface area contributed by atoms with Gasteiger partial charge >= 0.3 is 6.55 Å². The number of hydrogen-bond donors (Lipinski definition) is 1. The average Bonchev–Trinajstić information content (AvgIpc) is 2.79. The molecule has 1 N–H and O–H groups in total. The van der Waals surface area contributed by atoms with Crippen LogP contribution in [0.2, 0.25) is 0 Å². The molecular weight excluding hydrogens is 176 g/mol. The van der Waals surface area contributed by atoms with Gasteiger partial charge in [0.25, 0.3) is 0 Å². The molecule has 1 aliphatic carbocycles. The third-order valence-corrected chi connectivity index (χ3v) is 2.03. The van der Waals surface area contributed by atoms with Gasteiger partial charge in [-0.1, -0.05) is 0 Å². The monoisotopic (exact) mass is 187 g/mol. The SMILES string of the molecule is FC(F)n1cc(CNC2CC2)cn1. The van der Waals surface area contributed by atoms with Crippen LogP contribution < -0.4 is 5.32 Å². The Morgan fingerprint density at radius 3 is 2.92 bits per heavy atom. The maximum absolute atomic E-state index is 12.1. The van der Waals surface area contributed by atoms with Gasteiger partial charge in [-0.05, 0) is 12.8 Å². The predicted molar refractivity (Wildman–Crippen MR) is 43.3 cm³/mol. The van der Waals surface area contributed by atoms with E-state index in [0.717, 1.165) is 5.56 Å². The first-order valence-electron chi connectivity index (χ1n) is 4.30. The van der Waals surface area contributed by atoms with E-state index in [1.807, 2.05) is 0 Å². The fraction of sp³-hybridized carbons (Fsp3) is 0.625. The zero-order valence-electron chi connectivity index (χ0n) is 7.08. The molecule has 3 nitrogen and oxygen atoms in total. The lowest BCUT2D eigenvalue weighted by Gasteiger charge is -1.98. The molecule has 13 heavy (non-hydrogen) atoms. The smallest absolute Gasteiger partial charge is 0.310 e. The highest BCUT2D eigenvalue weighted by Crippen LogP contribution is 2.19. The number of rotatable bonds is 4. The van der Waals surface area contributed by atoms with Gasteiger partial charge in [0, 0.05) is 24.3 Å². The van der Waals surface area contributed by atoms with Gasteiger partial charge < -0.3 is 5.32 Å². The summed E-state index contributed by atoms with van der Waals surface area (Å²) in [6.45, 7) is -1.90. The van der Waals surface area contributed by atoms with Gasteiger partial charge in [-0.2, -0.15) is 13.9 Å². The summed E-state index contributed by atoms with van der Waals surface area (Å²) < 4.78 is 24.8. The van der Waals surface area contributed by atoms with Crippen LogP contribution in [0.15, 0.2) is 12.4 Å². The number of nitrogens with one attached hydrogen (secondary N) is 1. The molecule has 1 fully saturated rings. The lowest BCUT2D eigenvalue weighted by atomic mass is 10.3. The Balaban J connectivity index is 1.88. The van der Waals surface area contributed by atoms with Crippen molar-refractivity contribution < 1.29 is 8.78 Å². The largest absolute Gasteiger partial charge is 0.333 e. The normalized spacial score (nSPS) is 16.8. The van der Waals surface area contributed by atoms with E-state index >= 15 is 0 Å². The Bertz CT molecular complexity index is 281. The van der Waals surface area contributed by atoms with Gasteiger partial charge in [0.05, 0.1) is 6.20 Å². The summed E-state index contributed by atoms with van der Waals surface area (Å²) in [5.74, 6) is 0. The van der Waals surface area contributed by atoms with Crippen molar-refractivity contribution in [1.29, 1.82) is 0 Å². The van der Waals surface area contributed by atoms with Crippen molar-refractivity contribution in [3.8, 4) is 0 Å². The van der Waals surface area contributed by atoms with Gasteiger partial charge in [-0.3, -0.25) is 0 Å². The summed E-state index contributed by atoms with van der Waals surface area (Å²) in [6, 6.07) is 0.592. The molecular formula is C8H11F2N3. The topological polar surface area (TPSA) is 29.9 Å². The first-order chi connectivity index (χ1) is 6.25. The van der Waals surface area contributed by atoms with Crippen molar-refractivity contribution in [2.24, 2.45) is 0 Å². The molecule has 0 bridgehead atoms. The second-order valence-corrected chi connectivity index (χ2v) is 3.26. The van der Waals surface area contributed by atoms with Crippen molar-refractivity contribution in [3.05, 3.63) is 18.0 Å². The third-order valence-electron chi connectivity index (χ3n) is 2.03. The predicted octanol–water partition coefficient (Wildman–Crippen LogP) is 1.53. The highest BCUT2D eigenvalue weighted by molar-refractivity contribution is 5.04. The molecule has 2 rings (SSSR count). The highest BCUT2D eigenvalue weighted by atomic mass is 19.3. The van der Waals surface area contributed by atoms with Crippen molar-refractivity contribution in [1.82, 2.24) is 15.1 Å². The zero-order chi connectivity index (χ0) is 9.26. The highest BCUT2D eigenvalue weighted by Gasteiger charge is 2.20. The summed E-state index contributed by atoms with van der Waals surface area (Å²) in [5, 5.41) is 6.77. The van der Waals surface area contributed by atoms with E-state index in [-0.39, 0.29) is 0 Å². The van der Waals surface area contributed by atoms with Crippen molar-refractivity contribution in [2.75, 3.05) is 0 Å². The van der Waals surface area contributed by atoms with E-state index < -0.39 is 6.55 Å². The van der Waals surface area contributed by atoms with Crippen LogP contribution in [0.4, 0.5) is 8.78 Å². The molecule has 0 amide bonds. The zero-order valence-corrected chi connectivity index (χ0v) is 7.08. The fourth-order valence-corrected chi connectivity index (χ4v) is 1.13. The maximum Gasteiger partial charge on any atom is 0.333 e. The summed E-state index contributed by atoms with van der Waals surface area (Å²) >= 11 is 0. The Kier molecular flexibility index (Phi) is 2.26. The Morgan fingerprint density at radius 1 is 1.62 bits per heavy atom. The molecule has 1 aromatic heterocycles. The van der Waals surface area contributed by atoms with Gasteiger partial charge in [0.2, 0.25) is 0 Å². The van der Waals surface area contributed by atoms with Gasteiger partial charge in [-0.15, -0.1) is 0 Å². The van der Waals surface area contributed by atoms with E-state index in [4.69, 9.17) is 0 Å². The van der Waals surface area contributed by atoms with Crippen LogP contribution in [-0.2, 0) is 6.54 Å². The molecule has 0 saturated heterocycles. The van der Waals surface area contributed by atoms with Gasteiger partial charge in [0.1, 0.15) is 0 Å². The van der Waals surface area contributed by atoms with Crippen LogP contribution in [0.3, 0.4) is 0 Å². The molecule has 0 aliphatic heterocycles. The van der Waals surface area contributed by atoms with Crippen LogP contribution in [0.1, 0.15) is 25.0 Å². The summed E-state index contributed by atoms with van der Waals surface area (Å²) in [7, 11) is 0. The summed E-state index contributed by atoms with van der Waals surface area (Å²) in [4.78, 5) is 0. The lowest BCUT2D eigenvalue weighted by molar-refractivity contribution is 0.0565. The van der Waals surface area contributed by atoms with Crippen molar-refractivity contribution >= 4 is 0 Å². The van der Waals surface area contributed by atoms with E-state index in [2.05, 4.69) is 10.4 Å². The molecule has 1 saturated carbocycles. The third kappa shape index (κ3) is 2.24. The Hall–Kier alpha value is -0.970. The minimum absolute atomic E-state index is 0.592. The minimum Gasteiger partial charge on any atom is -0.310 e. The quantitative estimate of drug-likeness (QED) is 0.774. The molecule has 1 aromatic rings. The number of alkyl halides is 2. The molecule has 1 heterocycles. The van der Waals surface area contributed by atoms with Crippen LogP contribution in [0.5, 0.6) is 0 Å². The number of halogens is 2. The number of nitrogens with zero attached hydrogens (tertiary/aromatic N) is 2. The van der Waals surface area contributed by atoms with Gasteiger partial charge in [-0.25, -0.2) is 4.68 Å². The first kappa shape index (κ1) is 8.62. The van der Waals surface area contributed by atoms with Crippen molar-refractivity contribution in [2.45, 2.75) is 32.0 Å². The molecule has 0 unspecified atom stereocenters. The minimum atomic E-state index is -2.53. The van der Waals surface area contributed by atoms with Crippen molar-refractivity contribution in [3.63, 3.8) is 0 Å². The van der Waals surface area contributed by atoms with Crippen LogP contribution in [-0.4, -0.2) is 15.8 Å². The lowest BCUT2D eigenvalue weighted by Crippen LogP contribution is -2.14. The number of aromatic nitrogens is 2. The molecule has 5 heteroatoms. The van der Waals surface area contributed by atoms with E-state index in [1.54, 1.807) is 0 Å². The molecule has 0 radical (unpaired) electrons. The molecule has 0 spiro atoms. The number of hydrogen-bond acceptors (Lipinski definition) is 2. The maximum atomic E-state index is 12.1. The van der Waals surface area contributed by atoms with E-state index in [1.165, 1.54) is 25.2 Å². The van der Waals surface area contributed by atoms with Crippen LogP contribution >= 0.6 is 0 Å². The molecule has 0 aromatic carbocycles. The standard InChI is InChI=1S/C8H11F2N3/c9-8(10)13-5-6(4-12-13)3-11-7-1-2-7/h4-5,7-8,11H,1-3H2. The summed E-state index contributed by atoms with van der Waals surface area (Å²) in [5.41, 5.74) is 0.812. The first-order valence-corrected chi connectivity index (χ1v) is 4.30. The fourth-order valence-electron chi connectivity index (χ4n) is 1.13. The molecule has 1 aliphatic rings. The Morgan fingerprint density at radius 2 is 2.38 bits per heavy atom. The molecule has 0 atom stereocenters. The average molecular weight is 187 g/mol. The summed E-state index contributed by atoms with van der Waals surface area (Å²) in [6.07, 6.45) is 5.24. The molecule has 72 valence electrons. The van der Waals surface area contributed by atoms with Crippen LogP contribution in [0.25, 0.3) is 0 Å². The van der Waals surface area contributed by atoms with Crippen LogP contribution in [0, 0.1) is 0 Å². The van der Waals surface area contributed by atoms with E-state index in [0.29, 0.717) is 17.3 Å². The van der Waals surface area contributed by atoms with E-state index in [9.17, 15) is 8.78 Å². The second-order valence-electron chi connectivity index (χ2n) is 3.26. The second kappa shape index (κ2) is 3.41.